The van der Waals surface area contributed by atoms with E-state index in [4.69, 9.17) is 0 Å². The summed E-state index contributed by atoms with van der Waals surface area (Å²) in [5.41, 5.74) is 3.01. The topological polar surface area (TPSA) is 32.3 Å². The van der Waals surface area contributed by atoms with Gasteiger partial charge in [0.25, 0.3) is 5.91 Å². The van der Waals surface area contributed by atoms with Crippen LogP contribution in [-0.4, -0.2) is 36.0 Å². The Morgan fingerprint density at radius 2 is 2.00 bits per heavy atom. The van der Waals surface area contributed by atoms with Crippen LogP contribution in [0.15, 0.2) is 18.2 Å². The van der Waals surface area contributed by atoms with Crippen LogP contribution in [0.5, 0.6) is 0 Å². The molecular formula is C17H26N2O. The zero-order valence-electron chi connectivity index (χ0n) is 13.1. The molecule has 0 spiro atoms. The first-order valence-electron chi connectivity index (χ1n) is 7.61. The van der Waals surface area contributed by atoms with E-state index >= 15 is 0 Å². The summed E-state index contributed by atoms with van der Waals surface area (Å²) >= 11 is 0. The van der Waals surface area contributed by atoms with Crippen molar-refractivity contribution in [1.29, 1.82) is 0 Å². The Balaban J connectivity index is 2.22. The van der Waals surface area contributed by atoms with Crippen LogP contribution in [0, 0.1) is 13.8 Å². The largest absolute Gasteiger partial charge is 0.335 e. The SMILES string of the molecule is Cc1cccc(C)c1C(=O)N(CC1CCCN1)C(C)C. The number of amides is 1. The number of aryl methyl sites for hydroxylation is 2. The number of carbonyl (C=O) groups excluding carboxylic acids is 1. The van der Waals surface area contributed by atoms with Gasteiger partial charge in [0, 0.05) is 24.2 Å². The highest BCUT2D eigenvalue weighted by Crippen LogP contribution is 2.19. The molecule has 2 rings (SSSR count). The van der Waals surface area contributed by atoms with E-state index < -0.39 is 0 Å². The summed E-state index contributed by atoms with van der Waals surface area (Å²) in [6.07, 6.45) is 2.39. The maximum atomic E-state index is 12.9. The van der Waals surface area contributed by atoms with Crippen LogP contribution in [0.1, 0.15) is 48.2 Å². The molecule has 20 heavy (non-hydrogen) atoms. The fourth-order valence-electron chi connectivity index (χ4n) is 2.97. The molecule has 1 aromatic carbocycles. The maximum absolute atomic E-state index is 12.9. The van der Waals surface area contributed by atoms with E-state index in [2.05, 4.69) is 19.2 Å². The molecule has 1 aliphatic heterocycles. The predicted molar refractivity (Wildman–Crippen MR) is 83.1 cm³/mol. The molecular weight excluding hydrogens is 248 g/mol. The lowest BCUT2D eigenvalue weighted by Gasteiger charge is -2.30. The van der Waals surface area contributed by atoms with Gasteiger partial charge in [-0.25, -0.2) is 0 Å². The van der Waals surface area contributed by atoms with Gasteiger partial charge in [-0.05, 0) is 58.2 Å². The summed E-state index contributed by atoms with van der Waals surface area (Å²) in [7, 11) is 0. The third-order valence-electron chi connectivity index (χ3n) is 4.16. The van der Waals surface area contributed by atoms with Crippen molar-refractivity contribution in [1.82, 2.24) is 10.2 Å². The van der Waals surface area contributed by atoms with E-state index in [1.165, 1.54) is 12.8 Å². The van der Waals surface area contributed by atoms with Gasteiger partial charge in [-0.3, -0.25) is 4.79 Å². The normalized spacial score (nSPS) is 18.6. The summed E-state index contributed by atoms with van der Waals surface area (Å²) < 4.78 is 0. The molecule has 0 saturated carbocycles. The van der Waals surface area contributed by atoms with Gasteiger partial charge in [0.05, 0.1) is 0 Å². The lowest BCUT2D eigenvalue weighted by atomic mass is 10.0. The molecule has 1 aliphatic rings. The standard InChI is InChI=1S/C17H26N2O/c1-12(2)19(11-15-9-6-10-18-15)17(20)16-13(3)7-5-8-14(16)4/h5,7-8,12,15,18H,6,9-11H2,1-4H3. The smallest absolute Gasteiger partial charge is 0.254 e. The molecule has 0 aliphatic carbocycles. The van der Waals surface area contributed by atoms with Crippen LogP contribution < -0.4 is 5.32 Å². The molecule has 1 unspecified atom stereocenters. The van der Waals surface area contributed by atoms with Gasteiger partial charge in [0.1, 0.15) is 0 Å². The Hall–Kier alpha value is -1.35. The molecule has 110 valence electrons. The fourth-order valence-corrected chi connectivity index (χ4v) is 2.97. The Morgan fingerprint density at radius 3 is 2.50 bits per heavy atom. The summed E-state index contributed by atoms with van der Waals surface area (Å²) in [5, 5.41) is 3.48. The molecule has 3 nitrogen and oxygen atoms in total. The van der Waals surface area contributed by atoms with Crippen LogP contribution in [0.2, 0.25) is 0 Å². The molecule has 1 amide bonds. The molecule has 1 fully saturated rings. The van der Waals surface area contributed by atoms with E-state index in [1.807, 2.05) is 36.9 Å². The molecule has 1 aromatic rings. The summed E-state index contributed by atoms with van der Waals surface area (Å²) in [4.78, 5) is 14.9. The van der Waals surface area contributed by atoms with Gasteiger partial charge < -0.3 is 10.2 Å². The number of carbonyl (C=O) groups is 1. The first-order valence-corrected chi connectivity index (χ1v) is 7.61. The van der Waals surface area contributed by atoms with Gasteiger partial charge in [-0.1, -0.05) is 18.2 Å². The van der Waals surface area contributed by atoms with E-state index in [0.29, 0.717) is 6.04 Å². The van der Waals surface area contributed by atoms with Gasteiger partial charge in [0.2, 0.25) is 0 Å². The molecule has 1 saturated heterocycles. The highest BCUT2D eigenvalue weighted by molar-refractivity contribution is 5.97. The van der Waals surface area contributed by atoms with Crippen LogP contribution in [0.4, 0.5) is 0 Å². The predicted octanol–water partition coefficient (Wildman–Crippen LogP) is 2.91. The van der Waals surface area contributed by atoms with Crippen molar-refractivity contribution in [2.75, 3.05) is 13.1 Å². The van der Waals surface area contributed by atoms with E-state index in [9.17, 15) is 4.79 Å². The monoisotopic (exact) mass is 274 g/mol. The van der Waals surface area contributed by atoms with Crippen LogP contribution in [0.25, 0.3) is 0 Å². The molecule has 0 aromatic heterocycles. The number of nitrogens with zero attached hydrogens (tertiary/aromatic N) is 1. The maximum Gasteiger partial charge on any atom is 0.254 e. The minimum atomic E-state index is 0.171. The summed E-state index contributed by atoms with van der Waals surface area (Å²) in [5.74, 6) is 0.171. The Morgan fingerprint density at radius 1 is 1.35 bits per heavy atom. The number of rotatable bonds is 4. The average Bonchev–Trinajstić information content (AvgIpc) is 2.88. The quantitative estimate of drug-likeness (QED) is 0.915. The first kappa shape index (κ1) is 15.0. The molecule has 1 N–H and O–H groups in total. The number of nitrogens with one attached hydrogen (secondary N) is 1. The number of hydrogen-bond donors (Lipinski definition) is 1. The zero-order valence-corrected chi connectivity index (χ0v) is 13.1. The molecule has 0 radical (unpaired) electrons. The first-order chi connectivity index (χ1) is 9.50. The van der Waals surface area contributed by atoms with Gasteiger partial charge in [0.15, 0.2) is 0 Å². The van der Waals surface area contributed by atoms with Crippen molar-refractivity contribution in [3.8, 4) is 0 Å². The molecule has 3 heteroatoms. The highest BCUT2D eigenvalue weighted by atomic mass is 16.2. The van der Waals surface area contributed by atoms with Crippen molar-refractivity contribution < 1.29 is 4.79 Å². The van der Waals surface area contributed by atoms with Crippen LogP contribution >= 0.6 is 0 Å². The van der Waals surface area contributed by atoms with Crippen LogP contribution in [-0.2, 0) is 0 Å². The fraction of sp³-hybridized carbons (Fsp3) is 0.588. The third-order valence-corrected chi connectivity index (χ3v) is 4.16. The third kappa shape index (κ3) is 3.21. The van der Waals surface area contributed by atoms with E-state index in [1.54, 1.807) is 0 Å². The van der Waals surface area contributed by atoms with E-state index in [-0.39, 0.29) is 11.9 Å². The Kier molecular flexibility index (Phi) is 4.81. The van der Waals surface area contributed by atoms with Crippen molar-refractivity contribution in [3.63, 3.8) is 0 Å². The Labute approximate surface area is 122 Å². The lowest BCUT2D eigenvalue weighted by molar-refractivity contribution is 0.0687. The molecule has 1 heterocycles. The van der Waals surface area contributed by atoms with Gasteiger partial charge in [-0.2, -0.15) is 0 Å². The minimum absolute atomic E-state index is 0.171. The van der Waals surface area contributed by atoms with Crippen molar-refractivity contribution in [2.45, 2.75) is 52.6 Å². The highest BCUT2D eigenvalue weighted by Gasteiger charge is 2.25. The summed E-state index contributed by atoms with van der Waals surface area (Å²) in [6, 6.07) is 6.73. The van der Waals surface area contributed by atoms with Gasteiger partial charge >= 0.3 is 0 Å². The molecule has 1 atom stereocenters. The average molecular weight is 274 g/mol. The van der Waals surface area contributed by atoms with Crippen LogP contribution in [0.3, 0.4) is 0 Å². The number of hydrogen-bond acceptors (Lipinski definition) is 2. The Bertz CT molecular complexity index is 456. The molecule has 0 bridgehead atoms. The van der Waals surface area contributed by atoms with Crippen molar-refractivity contribution >= 4 is 5.91 Å². The second-order valence-electron chi connectivity index (χ2n) is 6.11. The second kappa shape index (κ2) is 6.40. The zero-order chi connectivity index (χ0) is 14.7. The van der Waals surface area contributed by atoms with Gasteiger partial charge in [-0.15, -0.1) is 0 Å². The lowest BCUT2D eigenvalue weighted by Crippen LogP contribution is -2.45. The minimum Gasteiger partial charge on any atom is -0.335 e. The van der Waals surface area contributed by atoms with E-state index in [0.717, 1.165) is 29.8 Å². The number of benzene rings is 1. The second-order valence-corrected chi connectivity index (χ2v) is 6.11. The van der Waals surface area contributed by atoms with Crippen molar-refractivity contribution in [3.05, 3.63) is 34.9 Å². The van der Waals surface area contributed by atoms with Crippen molar-refractivity contribution in [2.24, 2.45) is 0 Å². The summed E-state index contributed by atoms with van der Waals surface area (Å²) in [6.45, 7) is 10.1.